The first-order chi connectivity index (χ1) is 3.72. The lowest BCUT2D eigenvalue weighted by atomic mass is 10.3. The summed E-state index contributed by atoms with van der Waals surface area (Å²) in [5.74, 6) is 0. The number of alkyl halides is 1. The number of aliphatic hydroxyl groups is 2. The fourth-order valence-electron chi connectivity index (χ4n) is 0.170. The fraction of sp³-hybridized carbons (Fsp3) is 0.750. The summed E-state index contributed by atoms with van der Waals surface area (Å²) in [4.78, 5) is 0. The molecule has 0 aliphatic rings. The summed E-state index contributed by atoms with van der Waals surface area (Å²) in [7, 11) is 0. The minimum Gasteiger partial charge on any atom is -0.388 e. The topological polar surface area (TPSA) is 64.2 Å². The number of hydrogen-bond donors (Lipinski definition) is 2. The summed E-state index contributed by atoms with van der Waals surface area (Å²) in [6.45, 7) is 0. The maximum Gasteiger partial charge on any atom is 0.167 e. The highest BCUT2D eigenvalue weighted by atomic mass is 79.9. The van der Waals surface area contributed by atoms with Crippen molar-refractivity contribution in [3.05, 3.63) is 0 Å². The van der Waals surface area contributed by atoms with E-state index < -0.39 is 12.2 Å². The zero-order valence-corrected chi connectivity index (χ0v) is 5.67. The van der Waals surface area contributed by atoms with Crippen molar-refractivity contribution >= 4 is 15.9 Å². The number of halogens is 1. The maximum atomic E-state index is 8.61. The second-order valence-electron chi connectivity index (χ2n) is 1.30. The van der Waals surface area contributed by atoms with Crippen molar-refractivity contribution in [1.82, 2.24) is 0 Å². The second-order valence-corrected chi connectivity index (χ2v) is 1.94. The number of rotatable bonds is 2. The molecule has 0 aromatic carbocycles. The first-order valence-corrected chi connectivity index (χ1v) is 3.16. The molecule has 0 aromatic heterocycles. The molecule has 0 heterocycles. The monoisotopic (exact) mass is 179 g/mol. The van der Waals surface area contributed by atoms with Gasteiger partial charge < -0.3 is 10.2 Å². The van der Waals surface area contributed by atoms with E-state index in [0.717, 1.165) is 0 Å². The van der Waals surface area contributed by atoms with Gasteiger partial charge in [-0.05, 0) is 0 Å². The van der Waals surface area contributed by atoms with Gasteiger partial charge in [-0.15, -0.1) is 0 Å². The molecule has 0 aliphatic heterocycles. The summed E-state index contributed by atoms with van der Waals surface area (Å²) in [5, 5.41) is 25.3. The van der Waals surface area contributed by atoms with E-state index in [0.29, 0.717) is 0 Å². The van der Waals surface area contributed by atoms with Crippen molar-refractivity contribution in [2.75, 3.05) is 5.33 Å². The van der Waals surface area contributed by atoms with E-state index >= 15 is 0 Å². The van der Waals surface area contributed by atoms with Gasteiger partial charge in [-0.2, -0.15) is 5.26 Å². The Morgan fingerprint density at radius 1 is 1.62 bits per heavy atom. The van der Waals surface area contributed by atoms with Gasteiger partial charge in [-0.3, -0.25) is 0 Å². The van der Waals surface area contributed by atoms with Crippen molar-refractivity contribution in [2.24, 2.45) is 0 Å². The van der Waals surface area contributed by atoms with Gasteiger partial charge in [0, 0.05) is 5.33 Å². The highest BCUT2D eigenvalue weighted by Gasteiger charge is 2.11. The van der Waals surface area contributed by atoms with Gasteiger partial charge in [0.15, 0.2) is 6.10 Å². The van der Waals surface area contributed by atoms with Gasteiger partial charge >= 0.3 is 0 Å². The molecule has 0 amide bonds. The molecule has 4 heteroatoms. The Morgan fingerprint density at radius 3 is 2.25 bits per heavy atom. The lowest BCUT2D eigenvalue weighted by molar-refractivity contribution is 0.0705. The second kappa shape index (κ2) is 3.84. The van der Waals surface area contributed by atoms with Crippen LogP contribution < -0.4 is 0 Å². The average Bonchev–Trinajstić information content (AvgIpc) is 1.84. The standard InChI is InChI=1S/C4H6BrNO2/c5-1-3(7)4(8)2-6/h3-4,7-8H,1H2/t3-,4+/m1/s1. The fourth-order valence-corrected chi connectivity index (χ4v) is 0.525. The van der Waals surface area contributed by atoms with E-state index in [1.807, 2.05) is 0 Å². The van der Waals surface area contributed by atoms with Crippen LogP contribution in [0.1, 0.15) is 0 Å². The number of aliphatic hydroxyl groups excluding tert-OH is 2. The largest absolute Gasteiger partial charge is 0.388 e. The summed E-state index contributed by atoms with van der Waals surface area (Å²) < 4.78 is 0. The molecule has 0 aliphatic carbocycles. The maximum absolute atomic E-state index is 8.61. The van der Waals surface area contributed by atoms with Crippen LogP contribution in [0.25, 0.3) is 0 Å². The number of nitriles is 1. The molecule has 0 radical (unpaired) electrons. The Kier molecular flexibility index (Phi) is 3.79. The summed E-state index contributed by atoms with van der Waals surface area (Å²) in [6, 6.07) is 1.49. The van der Waals surface area contributed by atoms with Crippen molar-refractivity contribution < 1.29 is 10.2 Å². The highest BCUT2D eigenvalue weighted by Crippen LogP contribution is 1.94. The molecule has 2 N–H and O–H groups in total. The zero-order valence-electron chi connectivity index (χ0n) is 4.08. The number of hydrogen-bond acceptors (Lipinski definition) is 3. The molecule has 0 saturated heterocycles. The van der Waals surface area contributed by atoms with Gasteiger partial charge in [-0.25, -0.2) is 0 Å². The Morgan fingerprint density at radius 2 is 2.12 bits per heavy atom. The minimum absolute atomic E-state index is 0.224. The van der Waals surface area contributed by atoms with E-state index in [1.165, 1.54) is 6.07 Å². The van der Waals surface area contributed by atoms with Crippen LogP contribution in [0.4, 0.5) is 0 Å². The van der Waals surface area contributed by atoms with Crippen LogP contribution in [0.15, 0.2) is 0 Å². The molecule has 8 heavy (non-hydrogen) atoms. The van der Waals surface area contributed by atoms with Crippen molar-refractivity contribution in [2.45, 2.75) is 12.2 Å². The SMILES string of the molecule is N#C[C@H](O)[C@H](O)CBr. The summed E-state index contributed by atoms with van der Waals surface area (Å²) >= 11 is 2.90. The Balaban J connectivity index is 3.49. The molecule has 0 fully saturated rings. The highest BCUT2D eigenvalue weighted by molar-refractivity contribution is 9.09. The Hall–Kier alpha value is -0.110. The Labute approximate surface area is 55.7 Å². The third-order valence-electron chi connectivity index (χ3n) is 0.655. The third-order valence-corrected chi connectivity index (χ3v) is 1.32. The first-order valence-electron chi connectivity index (χ1n) is 2.04. The molecular formula is C4H6BrNO2. The van der Waals surface area contributed by atoms with Gasteiger partial charge in [0.2, 0.25) is 0 Å². The quantitative estimate of drug-likeness (QED) is 0.450. The van der Waals surface area contributed by atoms with Crippen LogP contribution in [-0.4, -0.2) is 27.8 Å². The van der Waals surface area contributed by atoms with E-state index in [2.05, 4.69) is 15.9 Å². The molecule has 0 unspecified atom stereocenters. The lowest BCUT2D eigenvalue weighted by Gasteiger charge is -2.04. The molecule has 0 saturated carbocycles. The van der Waals surface area contributed by atoms with Crippen molar-refractivity contribution in [3.8, 4) is 6.07 Å². The Bertz CT molecular complexity index is 101. The van der Waals surface area contributed by atoms with E-state index in [-0.39, 0.29) is 5.33 Å². The van der Waals surface area contributed by atoms with Crippen molar-refractivity contribution in [3.63, 3.8) is 0 Å². The average molecular weight is 180 g/mol. The van der Waals surface area contributed by atoms with E-state index in [9.17, 15) is 0 Å². The first kappa shape index (κ1) is 7.89. The normalized spacial score (nSPS) is 16.8. The molecule has 46 valence electrons. The smallest absolute Gasteiger partial charge is 0.167 e. The molecule has 3 nitrogen and oxygen atoms in total. The molecule has 0 spiro atoms. The van der Waals surface area contributed by atoms with E-state index in [4.69, 9.17) is 15.5 Å². The van der Waals surface area contributed by atoms with Crippen LogP contribution in [0.3, 0.4) is 0 Å². The van der Waals surface area contributed by atoms with Crippen LogP contribution in [-0.2, 0) is 0 Å². The molecular weight excluding hydrogens is 174 g/mol. The minimum atomic E-state index is -1.27. The van der Waals surface area contributed by atoms with Crippen molar-refractivity contribution in [1.29, 1.82) is 5.26 Å². The molecule has 0 aromatic rings. The number of nitrogens with zero attached hydrogens (tertiary/aromatic N) is 1. The van der Waals surface area contributed by atoms with Crippen LogP contribution >= 0.6 is 15.9 Å². The predicted octanol–water partition coefficient (Wildman–Crippen LogP) is -0.373. The predicted molar refractivity (Wildman–Crippen MR) is 31.4 cm³/mol. The third kappa shape index (κ3) is 2.26. The van der Waals surface area contributed by atoms with Gasteiger partial charge in [0.25, 0.3) is 0 Å². The summed E-state index contributed by atoms with van der Waals surface area (Å²) in [6.07, 6.45) is -2.24. The van der Waals surface area contributed by atoms with Crippen LogP contribution in [0.2, 0.25) is 0 Å². The molecule has 2 atom stereocenters. The molecule has 0 rings (SSSR count). The van der Waals surface area contributed by atoms with Gasteiger partial charge in [-0.1, -0.05) is 15.9 Å². The van der Waals surface area contributed by atoms with Gasteiger partial charge in [0.05, 0.1) is 6.07 Å². The lowest BCUT2D eigenvalue weighted by Crippen LogP contribution is -2.25. The summed E-state index contributed by atoms with van der Waals surface area (Å²) in [5.41, 5.74) is 0. The van der Waals surface area contributed by atoms with E-state index in [1.54, 1.807) is 0 Å². The van der Waals surface area contributed by atoms with Crippen LogP contribution in [0, 0.1) is 11.3 Å². The molecule has 0 bridgehead atoms. The van der Waals surface area contributed by atoms with Crippen LogP contribution in [0.5, 0.6) is 0 Å². The van der Waals surface area contributed by atoms with Gasteiger partial charge in [0.1, 0.15) is 6.10 Å². The zero-order chi connectivity index (χ0) is 6.57.